The van der Waals surface area contributed by atoms with Crippen molar-refractivity contribution in [3.63, 3.8) is 0 Å². The zero-order valence-electron chi connectivity index (χ0n) is 13.7. The van der Waals surface area contributed by atoms with Crippen LogP contribution in [0.25, 0.3) is 0 Å². The molecule has 0 aliphatic carbocycles. The summed E-state index contributed by atoms with van der Waals surface area (Å²) in [5.74, 6) is -0.327. The van der Waals surface area contributed by atoms with Crippen LogP contribution in [0.1, 0.15) is 41.4 Å². The van der Waals surface area contributed by atoms with Gasteiger partial charge in [0.25, 0.3) is 0 Å². The van der Waals surface area contributed by atoms with Gasteiger partial charge in [-0.25, -0.2) is 9.59 Å². The Morgan fingerprint density at radius 1 is 1.35 bits per heavy atom. The van der Waals surface area contributed by atoms with Crippen LogP contribution in [0, 0.1) is 0 Å². The molecule has 1 heterocycles. The Bertz CT molecular complexity index is 627. The average Bonchev–Trinajstić information content (AvgIpc) is 2.53. The van der Waals surface area contributed by atoms with E-state index in [1.807, 2.05) is 6.92 Å². The topological polar surface area (TPSA) is 85.3 Å². The van der Waals surface area contributed by atoms with E-state index in [0.717, 1.165) is 11.1 Å². The number of carbonyl (C=O) groups is 2. The third-order valence-electron chi connectivity index (χ3n) is 4.03. The molecule has 126 valence electrons. The van der Waals surface area contributed by atoms with Gasteiger partial charge < -0.3 is 24.2 Å². The highest BCUT2D eigenvalue weighted by atomic mass is 16.6. The zero-order valence-corrected chi connectivity index (χ0v) is 13.7. The number of nitrogens with zero attached hydrogens (tertiary/aromatic N) is 1. The first-order valence-electron chi connectivity index (χ1n) is 7.40. The van der Waals surface area contributed by atoms with Gasteiger partial charge in [-0.1, -0.05) is 0 Å². The number of benzene rings is 1. The third kappa shape index (κ3) is 2.91. The number of rotatable bonds is 4. The monoisotopic (exact) mass is 323 g/mol. The highest BCUT2D eigenvalue weighted by molar-refractivity contribution is 5.92. The fourth-order valence-corrected chi connectivity index (χ4v) is 3.01. The number of carbonyl (C=O) groups excluding carboxylic acids is 1. The number of fused-ring (bicyclic) bond motifs is 1. The number of hydrogen-bond acceptors (Lipinski definition) is 5. The lowest BCUT2D eigenvalue weighted by atomic mass is 9.89. The molecule has 7 heteroatoms. The maximum absolute atomic E-state index is 12.1. The molecule has 0 fully saturated rings. The molecule has 1 aliphatic rings. The number of carboxylic acid groups (broad SMARTS) is 1. The Kier molecular flexibility index (Phi) is 4.98. The molecule has 2 rings (SSSR count). The van der Waals surface area contributed by atoms with Crippen LogP contribution >= 0.6 is 0 Å². The molecule has 0 saturated carbocycles. The zero-order chi connectivity index (χ0) is 17.1. The van der Waals surface area contributed by atoms with Gasteiger partial charge in [-0.2, -0.15) is 0 Å². The molecule has 0 aromatic heterocycles. The largest absolute Gasteiger partial charge is 0.496 e. The summed E-state index contributed by atoms with van der Waals surface area (Å²) >= 11 is 0. The molecule has 1 N–H and O–H groups in total. The van der Waals surface area contributed by atoms with Gasteiger partial charge in [0.15, 0.2) is 0 Å². The van der Waals surface area contributed by atoms with Crippen LogP contribution < -0.4 is 9.47 Å². The maximum atomic E-state index is 12.1. The van der Waals surface area contributed by atoms with Crippen molar-refractivity contribution in [2.75, 3.05) is 27.4 Å². The van der Waals surface area contributed by atoms with Gasteiger partial charge in [-0.15, -0.1) is 0 Å². The van der Waals surface area contributed by atoms with Crippen molar-refractivity contribution in [2.45, 2.75) is 26.3 Å². The predicted octanol–water partition coefficient (Wildman–Crippen LogP) is 2.48. The summed E-state index contributed by atoms with van der Waals surface area (Å²) in [6.07, 6.45) is 0.0769. The summed E-state index contributed by atoms with van der Waals surface area (Å²) in [6.45, 7) is 4.34. The van der Waals surface area contributed by atoms with E-state index in [-0.39, 0.29) is 11.6 Å². The van der Waals surface area contributed by atoms with Crippen molar-refractivity contribution >= 4 is 12.1 Å². The fraction of sp³-hybridized carbons (Fsp3) is 0.500. The summed E-state index contributed by atoms with van der Waals surface area (Å²) in [7, 11) is 2.92. The normalized spacial score (nSPS) is 16.5. The Balaban J connectivity index is 2.57. The Hall–Kier alpha value is -2.44. The summed E-state index contributed by atoms with van der Waals surface area (Å²) in [4.78, 5) is 25.1. The van der Waals surface area contributed by atoms with E-state index in [2.05, 4.69) is 0 Å². The van der Waals surface area contributed by atoms with E-state index in [1.165, 1.54) is 20.3 Å². The van der Waals surface area contributed by atoms with Gasteiger partial charge in [0, 0.05) is 17.7 Å². The second-order valence-electron chi connectivity index (χ2n) is 5.18. The lowest BCUT2D eigenvalue weighted by molar-refractivity contribution is 0.0689. The molecule has 1 aromatic carbocycles. The minimum Gasteiger partial charge on any atom is -0.496 e. The van der Waals surface area contributed by atoms with E-state index in [4.69, 9.17) is 14.2 Å². The highest BCUT2D eigenvalue weighted by Crippen LogP contribution is 2.43. The van der Waals surface area contributed by atoms with Crippen LogP contribution in [-0.4, -0.2) is 49.4 Å². The van der Waals surface area contributed by atoms with E-state index in [9.17, 15) is 14.7 Å². The second kappa shape index (κ2) is 6.76. The van der Waals surface area contributed by atoms with Gasteiger partial charge in [0.1, 0.15) is 17.1 Å². The number of methoxy groups -OCH3 is 2. The molecule has 1 aromatic rings. The summed E-state index contributed by atoms with van der Waals surface area (Å²) < 4.78 is 15.8. The van der Waals surface area contributed by atoms with Gasteiger partial charge in [-0.05, 0) is 26.3 Å². The summed E-state index contributed by atoms with van der Waals surface area (Å²) in [6, 6.07) is 1.13. The first kappa shape index (κ1) is 16.9. The van der Waals surface area contributed by atoms with E-state index >= 15 is 0 Å². The number of ether oxygens (including phenoxy) is 3. The molecule has 23 heavy (non-hydrogen) atoms. The molecular weight excluding hydrogens is 302 g/mol. The Labute approximate surface area is 134 Å². The van der Waals surface area contributed by atoms with Crippen LogP contribution in [0.15, 0.2) is 6.07 Å². The van der Waals surface area contributed by atoms with E-state index in [0.29, 0.717) is 31.1 Å². The first-order valence-corrected chi connectivity index (χ1v) is 7.40. The van der Waals surface area contributed by atoms with Crippen molar-refractivity contribution in [1.82, 2.24) is 4.90 Å². The minimum atomic E-state index is -1.08. The van der Waals surface area contributed by atoms with Crippen molar-refractivity contribution in [3.8, 4) is 11.5 Å². The van der Waals surface area contributed by atoms with Gasteiger partial charge in [0.05, 0.1) is 26.9 Å². The molecule has 1 amide bonds. The third-order valence-corrected chi connectivity index (χ3v) is 4.03. The Morgan fingerprint density at radius 3 is 2.57 bits per heavy atom. The number of carboxylic acids is 1. The molecule has 0 spiro atoms. The molecule has 1 aliphatic heterocycles. The molecule has 0 radical (unpaired) electrons. The molecular formula is C16H21NO6. The summed E-state index contributed by atoms with van der Waals surface area (Å²) in [5.41, 5.74) is 1.57. The van der Waals surface area contributed by atoms with E-state index < -0.39 is 12.1 Å². The van der Waals surface area contributed by atoms with E-state index in [1.54, 1.807) is 11.8 Å². The van der Waals surface area contributed by atoms with Crippen molar-refractivity contribution in [3.05, 3.63) is 22.8 Å². The number of hydrogen-bond donors (Lipinski definition) is 1. The summed E-state index contributed by atoms with van der Waals surface area (Å²) in [5, 5.41) is 9.37. The Morgan fingerprint density at radius 2 is 2.04 bits per heavy atom. The van der Waals surface area contributed by atoms with Crippen LogP contribution in [-0.2, 0) is 11.2 Å². The average molecular weight is 323 g/mol. The van der Waals surface area contributed by atoms with Crippen molar-refractivity contribution in [2.24, 2.45) is 0 Å². The second-order valence-corrected chi connectivity index (χ2v) is 5.18. The standard InChI is InChI=1S/C16H21NO6/c1-5-23-16(20)17-7-6-10-13(9(17)2)12(21-3)8-11(15(18)19)14(10)22-4/h8-9H,5-7H2,1-4H3,(H,18,19). The van der Waals surface area contributed by atoms with Crippen LogP contribution in [0.2, 0.25) is 0 Å². The fourth-order valence-electron chi connectivity index (χ4n) is 3.01. The van der Waals surface area contributed by atoms with Crippen LogP contribution in [0.3, 0.4) is 0 Å². The molecule has 0 bridgehead atoms. The first-order chi connectivity index (χ1) is 11.0. The SMILES string of the molecule is CCOC(=O)N1CCc2c(OC)c(C(=O)O)cc(OC)c2C1C. The molecule has 7 nitrogen and oxygen atoms in total. The maximum Gasteiger partial charge on any atom is 0.410 e. The lowest BCUT2D eigenvalue weighted by Gasteiger charge is -2.36. The van der Waals surface area contributed by atoms with Crippen LogP contribution in [0.4, 0.5) is 4.79 Å². The molecule has 1 atom stereocenters. The quantitative estimate of drug-likeness (QED) is 0.916. The van der Waals surface area contributed by atoms with Crippen molar-refractivity contribution < 1.29 is 28.9 Å². The lowest BCUT2D eigenvalue weighted by Crippen LogP contribution is -2.39. The van der Waals surface area contributed by atoms with Crippen molar-refractivity contribution in [1.29, 1.82) is 0 Å². The van der Waals surface area contributed by atoms with Gasteiger partial charge in [0.2, 0.25) is 0 Å². The molecule has 0 saturated heterocycles. The smallest absolute Gasteiger partial charge is 0.410 e. The molecule has 1 unspecified atom stereocenters. The number of aromatic carboxylic acids is 1. The van der Waals surface area contributed by atoms with Gasteiger partial charge >= 0.3 is 12.1 Å². The van der Waals surface area contributed by atoms with Gasteiger partial charge in [-0.3, -0.25) is 0 Å². The minimum absolute atomic E-state index is 0.0554. The predicted molar refractivity (Wildman–Crippen MR) is 82.4 cm³/mol. The van der Waals surface area contributed by atoms with Crippen LogP contribution in [0.5, 0.6) is 11.5 Å². The number of amides is 1. The highest BCUT2D eigenvalue weighted by Gasteiger charge is 2.35.